The zero-order valence-corrected chi connectivity index (χ0v) is 16.9. The average molecular weight is 408 g/mol. The maximum atomic E-state index is 13.2. The molecule has 0 spiro atoms. The molecule has 0 unspecified atom stereocenters. The van der Waals surface area contributed by atoms with Crippen LogP contribution in [0.15, 0.2) is 54.6 Å². The zero-order chi connectivity index (χ0) is 21.3. The molecule has 1 fully saturated rings. The number of benzene rings is 2. The van der Waals surface area contributed by atoms with Crippen LogP contribution in [0.3, 0.4) is 0 Å². The second kappa shape index (κ2) is 8.28. The standard InChI is InChI=1S/C23H24N2O5/c1-3-30-23(28)19-18-15-11-7-8-12-16(15)24-22(27)21(18)25(17(26)13-29-2)20(19)14-9-5-4-6-10-14/h4-12,18-21H,3,13H2,1-2H3,(H,24,27)/t18-,19-,20-,21+/m1/s1. The molecule has 2 aromatic rings. The number of fused-ring (bicyclic) bond motifs is 3. The molecule has 1 N–H and O–H groups in total. The maximum Gasteiger partial charge on any atom is 0.312 e. The predicted octanol–water partition coefficient (Wildman–Crippen LogP) is 2.50. The van der Waals surface area contributed by atoms with Crippen molar-refractivity contribution in [2.45, 2.75) is 24.9 Å². The van der Waals surface area contributed by atoms with E-state index >= 15 is 0 Å². The summed E-state index contributed by atoms with van der Waals surface area (Å²) in [7, 11) is 1.43. The molecule has 0 aliphatic carbocycles. The van der Waals surface area contributed by atoms with Crippen LogP contribution >= 0.6 is 0 Å². The van der Waals surface area contributed by atoms with E-state index in [4.69, 9.17) is 9.47 Å². The Balaban J connectivity index is 1.93. The van der Waals surface area contributed by atoms with Crippen molar-refractivity contribution in [3.8, 4) is 0 Å². The molecule has 1 saturated heterocycles. The van der Waals surface area contributed by atoms with E-state index in [-0.39, 0.29) is 25.0 Å². The summed E-state index contributed by atoms with van der Waals surface area (Å²) in [5, 5.41) is 2.90. The molecule has 0 bridgehead atoms. The van der Waals surface area contributed by atoms with Crippen LogP contribution in [-0.2, 0) is 23.9 Å². The number of nitrogens with one attached hydrogen (secondary N) is 1. The Labute approximate surface area is 175 Å². The number of likely N-dealkylation sites (tertiary alicyclic amines) is 1. The highest BCUT2D eigenvalue weighted by atomic mass is 16.5. The first-order valence-electron chi connectivity index (χ1n) is 10.00. The number of amides is 2. The Hall–Kier alpha value is -3.19. The number of hydrogen-bond acceptors (Lipinski definition) is 5. The minimum Gasteiger partial charge on any atom is -0.466 e. The molecule has 2 aliphatic heterocycles. The fraction of sp³-hybridized carbons (Fsp3) is 0.348. The van der Waals surface area contributed by atoms with Crippen LogP contribution in [-0.4, -0.2) is 49.0 Å². The molecular formula is C23H24N2O5. The number of para-hydroxylation sites is 1. The average Bonchev–Trinajstić information content (AvgIpc) is 3.12. The van der Waals surface area contributed by atoms with Crippen LogP contribution in [0, 0.1) is 5.92 Å². The van der Waals surface area contributed by atoms with Crippen molar-refractivity contribution in [2.75, 3.05) is 25.6 Å². The van der Waals surface area contributed by atoms with Gasteiger partial charge < -0.3 is 19.7 Å². The van der Waals surface area contributed by atoms with Crippen molar-refractivity contribution in [3.63, 3.8) is 0 Å². The Morgan fingerprint density at radius 1 is 1.03 bits per heavy atom. The third kappa shape index (κ3) is 3.25. The fourth-order valence-corrected chi connectivity index (χ4v) is 4.71. The summed E-state index contributed by atoms with van der Waals surface area (Å²) in [5.74, 6) is -2.30. The molecule has 2 aromatic carbocycles. The highest BCUT2D eigenvalue weighted by Crippen LogP contribution is 2.53. The van der Waals surface area contributed by atoms with Gasteiger partial charge in [0.15, 0.2) is 0 Å². The molecule has 2 heterocycles. The predicted molar refractivity (Wildman–Crippen MR) is 110 cm³/mol. The fourth-order valence-electron chi connectivity index (χ4n) is 4.71. The number of rotatable bonds is 5. The van der Waals surface area contributed by atoms with E-state index in [1.54, 1.807) is 6.92 Å². The highest BCUT2D eigenvalue weighted by molar-refractivity contribution is 6.03. The molecule has 0 aromatic heterocycles. The first-order valence-corrected chi connectivity index (χ1v) is 10.00. The van der Waals surface area contributed by atoms with E-state index in [1.807, 2.05) is 54.6 Å². The maximum absolute atomic E-state index is 13.2. The van der Waals surface area contributed by atoms with Crippen molar-refractivity contribution in [2.24, 2.45) is 5.92 Å². The lowest BCUT2D eigenvalue weighted by molar-refractivity contribution is -0.150. The minimum absolute atomic E-state index is 0.184. The van der Waals surface area contributed by atoms with Crippen LogP contribution in [0.25, 0.3) is 0 Å². The first kappa shape index (κ1) is 20.1. The number of carbonyl (C=O) groups excluding carboxylic acids is 3. The molecule has 0 radical (unpaired) electrons. The monoisotopic (exact) mass is 408 g/mol. The van der Waals surface area contributed by atoms with Crippen LogP contribution in [0.2, 0.25) is 0 Å². The first-order chi connectivity index (χ1) is 14.6. The number of hydrogen-bond donors (Lipinski definition) is 1. The van der Waals surface area contributed by atoms with Gasteiger partial charge in [-0.3, -0.25) is 14.4 Å². The van der Waals surface area contributed by atoms with Crippen molar-refractivity contribution in [1.82, 2.24) is 4.90 Å². The molecule has 4 rings (SSSR count). The number of carbonyl (C=O) groups is 3. The Bertz CT molecular complexity index is 961. The van der Waals surface area contributed by atoms with E-state index in [9.17, 15) is 14.4 Å². The Morgan fingerprint density at radius 3 is 2.43 bits per heavy atom. The second-order valence-corrected chi connectivity index (χ2v) is 7.41. The van der Waals surface area contributed by atoms with Crippen LogP contribution < -0.4 is 5.32 Å². The van der Waals surface area contributed by atoms with Gasteiger partial charge in [-0.05, 0) is 24.1 Å². The van der Waals surface area contributed by atoms with Crippen LogP contribution in [0.1, 0.15) is 30.0 Å². The van der Waals surface area contributed by atoms with E-state index < -0.39 is 29.9 Å². The number of methoxy groups -OCH3 is 1. The van der Waals surface area contributed by atoms with Gasteiger partial charge in [-0.25, -0.2) is 0 Å². The zero-order valence-electron chi connectivity index (χ0n) is 16.9. The Morgan fingerprint density at radius 2 is 1.73 bits per heavy atom. The molecule has 0 saturated carbocycles. The summed E-state index contributed by atoms with van der Waals surface area (Å²) in [4.78, 5) is 41.0. The number of esters is 1. The van der Waals surface area contributed by atoms with Crippen molar-refractivity contribution in [3.05, 3.63) is 65.7 Å². The topological polar surface area (TPSA) is 84.9 Å². The highest BCUT2D eigenvalue weighted by Gasteiger charge is 2.59. The molecule has 156 valence electrons. The lowest BCUT2D eigenvalue weighted by Gasteiger charge is -2.33. The van der Waals surface area contributed by atoms with E-state index in [0.29, 0.717) is 5.69 Å². The molecule has 2 amide bonds. The minimum atomic E-state index is -0.831. The van der Waals surface area contributed by atoms with E-state index in [2.05, 4.69) is 5.32 Å². The van der Waals surface area contributed by atoms with Gasteiger partial charge >= 0.3 is 5.97 Å². The van der Waals surface area contributed by atoms with Crippen LogP contribution in [0.5, 0.6) is 0 Å². The summed E-state index contributed by atoms with van der Waals surface area (Å²) in [5.41, 5.74) is 2.26. The van der Waals surface area contributed by atoms with Crippen molar-refractivity contribution < 1.29 is 23.9 Å². The smallest absolute Gasteiger partial charge is 0.312 e. The lowest BCUT2D eigenvalue weighted by atomic mass is 9.77. The van der Waals surface area contributed by atoms with Gasteiger partial charge in [-0.15, -0.1) is 0 Å². The number of ether oxygens (including phenoxy) is 2. The van der Waals surface area contributed by atoms with Crippen LogP contribution in [0.4, 0.5) is 5.69 Å². The molecule has 30 heavy (non-hydrogen) atoms. The SMILES string of the molecule is CCOC(=O)[C@@H]1[C@H]2c3ccccc3NC(=O)[C@H]2N(C(=O)COC)[C@@H]1c1ccccc1. The van der Waals surface area contributed by atoms with Crippen molar-refractivity contribution in [1.29, 1.82) is 0 Å². The second-order valence-electron chi connectivity index (χ2n) is 7.41. The summed E-state index contributed by atoms with van der Waals surface area (Å²) >= 11 is 0. The van der Waals surface area contributed by atoms with E-state index in [1.165, 1.54) is 12.0 Å². The summed E-state index contributed by atoms with van der Waals surface area (Å²) in [6.45, 7) is 1.78. The summed E-state index contributed by atoms with van der Waals surface area (Å²) in [6.07, 6.45) is 0. The molecule has 4 atom stereocenters. The lowest BCUT2D eigenvalue weighted by Crippen LogP contribution is -2.49. The van der Waals surface area contributed by atoms with Gasteiger partial charge in [0.25, 0.3) is 0 Å². The van der Waals surface area contributed by atoms with E-state index in [0.717, 1.165) is 11.1 Å². The van der Waals surface area contributed by atoms with Gasteiger partial charge in [0, 0.05) is 18.7 Å². The summed E-state index contributed by atoms with van der Waals surface area (Å²) in [6, 6.07) is 15.2. The molecule has 2 aliphatic rings. The third-order valence-electron chi connectivity index (χ3n) is 5.77. The van der Waals surface area contributed by atoms with Gasteiger partial charge in [0.2, 0.25) is 11.8 Å². The number of anilines is 1. The normalized spacial score (nSPS) is 24.6. The van der Waals surface area contributed by atoms with Gasteiger partial charge in [-0.2, -0.15) is 0 Å². The summed E-state index contributed by atoms with van der Waals surface area (Å²) < 4.78 is 10.5. The third-order valence-corrected chi connectivity index (χ3v) is 5.77. The quantitative estimate of drug-likeness (QED) is 0.769. The molecular weight excluding hydrogens is 384 g/mol. The largest absolute Gasteiger partial charge is 0.466 e. The van der Waals surface area contributed by atoms with Crippen molar-refractivity contribution >= 4 is 23.5 Å². The van der Waals surface area contributed by atoms with Gasteiger partial charge in [-0.1, -0.05) is 48.5 Å². The van der Waals surface area contributed by atoms with Gasteiger partial charge in [0.1, 0.15) is 12.6 Å². The number of nitrogens with zero attached hydrogens (tertiary/aromatic N) is 1. The molecule has 7 heteroatoms. The molecule has 7 nitrogen and oxygen atoms in total. The Kier molecular flexibility index (Phi) is 5.55. The van der Waals surface area contributed by atoms with Gasteiger partial charge in [0.05, 0.1) is 18.6 Å².